The molecule has 2 aromatic rings. The number of hydrogen-bond donors (Lipinski definition) is 1. The maximum absolute atomic E-state index is 12.8. The number of fused-ring (bicyclic) bond motifs is 2. The molecule has 2 aliphatic rings. The maximum atomic E-state index is 12.8. The van der Waals surface area contributed by atoms with Crippen molar-refractivity contribution in [3.05, 3.63) is 58.9 Å². The first-order valence-electron chi connectivity index (χ1n) is 9.20. The molecule has 1 amide bonds. The molecule has 1 N–H and O–H groups in total. The fourth-order valence-corrected chi connectivity index (χ4v) is 4.16. The van der Waals surface area contributed by atoms with Crippen LogP contribution in [0.25, 0.3) is 6.08 Å². The Morgan fingerprint density at radius 3 is 2.80 bits per heavy atom. The van der Waals surface area contributed by atoms with Gasteiger partial charge < -0.3 is 4.90 Å². The van der Waals surface area contributed by atoms with E-state index in [1.807, 2.05) is 11.0 Å². The number of aromatic amines is 1. The lowest BCUT2D eigenvalue weighted by atomic mass is 9.74. The highest BCUT2D eigenvalue weighted by molar-refractivity contribution is 5.92. The first-order chi connectivity index (χ1) is 12.1. The van der Waals surface area contributed by atoms with Crippen molar-refractivity contribution in [3.8, 4) is 0 Å². The molecule has 0 saturated carbocycles. The van der Waals surface area contributed by atoms with Crippen LogP contribution in [0.4, 0.5) is 0 Å². The number of aromatic nitrogens is 2. The Morgan fingerprint density at radius 1 is 1.28 bits per heavy atom. The van der Waals surface area contributed by atoms with Crippen LogP contribution in [0, 0.1) is 5.92 Å². The van der Waals surface area contributed by atoms with Crippen LogP contribution in [-0.2, 0) is 11.8 Å². The van der Waals surface area contributed by atoms with Crippen molar-refractivity contribution in [2.45, 2.75) is 38.5 Å². The third kappa shape index (κ3) is 2.90. The number of amides is 1. The second-order valence-electron chi connectivity index (χ2n) is 7.75. The monoisotopic (exact) mass is 335 g/mol. The molecule has 1 aliphatic heterocycles. The van der Waals surface area contributed by atoms with Gasteiger partial charge in [0.1, 0.15) is 5.69 Å². The van der Waals surface area contributed by atoms with E-state index in [1.54, 1.807) is 0 Å². The van der Waals surface area contributed by atoms with Gasteiger partial charge in [0.25, 0.3) is 5.91 Å². The minimum Gasteiger partial charge on any atom is -0.337 e. The fourth-order valence-electron chi connectivity index (χ4n) is 4.16. The standard InChI is InChI=1S/C21H25N3O/c1-15(2)13-17-14-19(23-22-17)20(25)24-11-9-21(10-12-24)8-7-16-5-3-4-6-18(16)21/h3-8,14-15H,9-13H2,1-2H3,(H,22,23). The van der Waals surface area contributed by atoms with E-state index < -0.39 is 0 Å². The van der Waals surface area contributed by atoms with E-state index in [1.165, 1.54) is 11.1 Å². The van der Waals surface area contributed by atoms with Gasteiger partial charge in [0.15, 0.2) is 0 Å². The van der Waals surface area contributed by atoms with Crippen LogP contribution in [0.3, 0.4) is 0 Å². The second kappa shape index (κ2) is 6.17. The molecular weight excluding hydrogens is 310 g/mol. The predicted octanol–water partition coefficient (Wildman–Crippen LogP) is 3.81. The lowest BCUT2D eigenvalue weighted by molar-refractivity contribution is 0.0684. The molecule has 4 rings (SSSR count). The van der Waals surface area contributed by atoms with Crippen LogP contribution in [0.2, 0.25) is 0 Å². The van der Waals surface area contributed by atoms with Crippen LogP contribution >= 0.6 is 0 Å². The molecule has 1 fully saturated rings. The Balaban J connectivity index is 1.45. The SMILES string of the molecule is CC(C)Cc1cc(C(=O)N2CCC3(C=Cc4ccccc43)CC2)n[nH]1. The van der Waals surface area contributed by atoms with E-state index in [2.05, 4.69) is 60.5 Å². The number of nitrogens with one attached hydrogen (secondary N) is 1. The van der Waals surface area contributed by atoms with E-state index in [9.17, 15) is 4.79 Å². The van der Waals surface area contributed by atoms with Crippen molar-refractivity contribution < 1.29 is 4.79 Å². The number of allylic oxidation sites excluding steroid dienone is 1. The van der Waals surface area contributed by atoms with Crippen molar-refractivity contribution in [1.29, 1.82) is 0 Å². The molecule has 0 atom stereocenters. The molecule has 25 heavy (non-hydrogen) atoms. The first-order valence-corrected chi connectivity index (χ1v) is 9.20. The highest BCUT2D eigenvalue weighted by atomic mass is 16.2. The smallest absolute Gasteiger partial charge is 0.274 e. The zero-order valence-electron chi connectivity index (χ0n) is 15.0. The molecular formula is C21H25N3O. The molecule has 1 saturated heterocycles. The van der Waals surface area contributed by atoms with Crippen LogP contribution in [0.5, 0.6) is 0 Å². The molecule has 130 valence electrons. The summed E-state index contributed by atoms with van der Waals surface area (Å²) in [6.07, 6.45) is 7.46. The van der Waals surface area contributed by atoms with Crippen LogP contribution in [0.1, 0.15) is 54.0 Å². The van der Waals surface area contributed by atoms with Crippen molar-refractivity contribution in [1.82, 2.24) is 15.1 Å². The zero-order chi connectivity index (χ0) is 17.4. The average Bonchev–Trinajstić information content (AvgIpc) is 3.21. The van der Waals surface area contributed by atoms with Crippen LogP contribution < -0.4 is 0 Å². The van der Waals surface area contributed by atoms with Crippen molar-refractivity contribution in [2.24, 2.45) is 5.92 Å². The summed E-state index contributed by atoms with van der Waals surface area (Å²) in [5.41, 5.74) is 4.45. The summed E-state index contributed by atoms with van der Waals surface area (Å²) in [6.45, 7) is 5.90. The van der Waals surface area contributed by atoms with Gasteiger partial charge >= 0.3 is 0 Å². The van der Waals surface area contributed by atoms with Gasteiger partial charge in [-0.05, 0) is 42.4 Å². The highest BCUT2D eigenvalue weighted by Crippen LogP contribution is 2.43. The predicted molar refractivity (Wildman–Crippen MR) is 99.4 cm³/mol. The summed E-state index contributed by atoms with van der Waals surface area (Å²) in [5.74, 6) is 0.601. The number of benzene rings is 1. The molecule has 1 spiro atoms. The van der Waals surface area contributed by atoms with Gasteiger partial charge in [-0.25, -0.2) is 0 Å². The normalized spacial score (nSPS) is 18.1. The number of carbonyl (C=O) groups is 1. The number of carbonyl (C=O) groups excluding carboxylic acids is 1. The number of hydrogen-bond acceptors (Lipinski definition) is 2. The quantitative estimate of drug-likeness (QED) is 0.927. The Labute approximate surface area is 148 Å². The molecule has 4 nitrogen and oxygen atoms in total. The molecule has 1 aromatic heterocycles. The molecule has 0 radical (unpaired) electrons. The number of likely N-dealkylation sites (tertiary alicyclic amines) is 1. The molecule has 4 heteroatoms. The molecule has 0 bridgehead atoms. The van der Waals surface area contributed by atoms with Crippen molar-refractivity contribution >= 4 is 12.0 Å². The summed E-state index contributed by atoms with van der Waals surface area (Å²) in [7, 11) is 0. The lowest BCUT2D eigenvalue weighted by Gasteiger charge is -2.39. The molecule has 1 aromatic carbocycles. The Bertz CT molecular complexity index is 810. The van der Waals surface area contributed by atoms with Crippen LogP contribution in [-0.4, -0.2) is 34.1 Å². The van der Waals surface area contributed by atoms with E-state index in [4.69, 9.17) is 0 Å². The van der Waals surface area contributed by atoms with E-state index >= 15 is 0 Å². The summed E-state index contributed by atoms with van der Waals surface area (Å²) < 4.78 is 0. The van der Waals surface area contributed by atoms with Gasteiger partial charge in [0.05, 0.1) is 0 Å². The summed E-state index contributed by atoms with van der Waals surface area (Å²) >= 11 is 0. The van der Waals surface area contributed by atoms with E-state index in [-0.39, 0.29) is 11.3 Å². The minimum absolute atomic E-state index is 0.0522. The third-order valence-electron chi connectivity index (χ3n) is 5.50. The number of nitrogens with zero attached hydrogens (tertiary/aromatic N) is 2. The van der Waals surface area contributed by atoms with Gasteiger partial charge in [-0.1, -0.05) is 50.3 Å². The Morgan fingerprint density at radius 2 is 2.04 bits per heavy atom. The molecule has 1 aliphatic carbocycles. The maximum Gasteiger partial charge on any atom is 0.274 e. The zero-order valence-corrected chi connectivity index (χ0v) is 15.0. The number of rotatable bonds is 3. The lowest BCUT2D eigenvalue weighted by Crippen LogP contribution is -2.44. The topological polar surface area (TPSA) is 49.0 Å². The van der Waals surface area contributed by atoms with Gasteiger partial charge in [-0.15, -0.1) is 0 Å². The molecule has 2 heterocycles. The Kier molecular flexibility index (Phi) is 3.98. The van der Waals surface area contributed by atoms with Gasteiger partial charge in [-0.2, -0.15) is 5.10 Å². The Hall–Kier alpha value is -2.36. The third-order valence-corrected chi connectivity index (χ3v) is 5.50. The van der Waals surface area contributed by atoms with Gasteiger partial charge in [0.2, 0.25) is 0 Å². The van der Waals surface area contributed by atoms with E-state index in [0.717, 1.165) is 38.0 Å². The number of H-pyrrole nitrogens is 1. The van der Waals surface area contributed by atoms with Crippen molar-refractivity contribution in [2.75, 3.05) is 13.1 Å². The average molecular weight is 335 g/mol. The van der Waals surface area contributed by atoms with Gasteiger partial charge in [-0.3, -0.25) is 9.89 Å². The van der Waals surface area contributed by atoms with Crippen LogP contribution in [0.15, 0.2) is 36.4 Å². The summed E-state index contributed by atoms with van der Waals surface area (Å²) in [4.78, 5) is 14.7. The van der Waals surface area contributed by atoms with Gasteiger partial charge in [0, 0.05) is 24.2 Å². The van der Waals surface area contributed by atoms with E-state index in [0.29, 0.717) is 11.6 Å². The highest BCUT2D eigenvalue weighted by Gasteiger charge is 2.39. The fraction of sp³-hybridized carbons (Fsp3) is 0.429. The largest absolute Gasteiger partial charge is 0.337 e. The second-order valence-corrected chi connectivity index (χ2v) is 7.75. The minimum atomic E-state index is 0.0522. The van der Waals surface area contributed by atoms with Crippen molar-refractivity contribution in [3.63, 3.8) is 0 Å². The summed E-state index contributed by atoms with van der Waals surface area (Å²) in [6, 6.07) is 10.5. The molecule has 0 unspecified atom stereocenters. The summed E-state index contributed by atoms with van der Waals surface area (Å²) in [5, 5.41) is 7.25. The first kappa shape index (κ1) is 16.1. The number of piperidine rings is 1.